The molecule has 1 aromatic heterocycles. The topological polar surface area (TPSA) is 99.2 Å². The largest absolute Gasteiger partial charge is 0.508 e. The average molecular weight is 656 g/mol. The van der Waals surface area contributed by atoms with Gasteiger partial charge in [0.25, 0.3) is 5.91 Å². The maximum absolute atomic E-state index is 13.1. The van der Waals surface area contributed by atoms with Crippen LogP contribution in [-0.2, 0) is 22.6 Å². The van der Waals surface area contributed by atoms with Crippen LogP contribution in [0.4, 0.5) is 0 Å². The summed E-state index contributed by atoms with van der Waals surface area (Å²) in [6, 6.07) is 14.0. The quantitative estimate of drug-likeness (QED) is 0.195. The predicted molar refractivity (Wildman–Crippen MR) is 182 cm³/mol. The molecule has 1 aliphatic carbocycles. The number of carbonyl (C=O) groups is 3. The van der Waals surface area contributed by atoms with Gasteiger partial charge in [-0.3, -0.25) is 19.7 Å². The number of aryl methyl sites for hydroxylation is 1. The number of hydrogen-bond acceptors (Lipinski definition) is 7. The Morgan fingerprint density at radius 2 is 1.79 bits per heavy atom. The molecule has 47 heavy (non-hydrogen) atoms. The van der Waals surface area contributed by atoms with E-state index in [1.165, 1.54) is 21.6 Å². The molecule has 9 heteroatoms. The van der Waals surface area contributed by atoms with Gasteiger partial charge in [-0.1, -0.05) is 31.5 Å². The summed E-state index contributed by atoms with van der Waals surface area (Å²) >= 11 is 1.70. The second-order valence-electron chi connectivity index (χ2n) is 13.7. The summed E-state index contributed by atoms with van der Waals surface area (Å²) in [4.78, 5) is 42.7. The number of unbranched alkanes of at least 4 members (excludes halogenated alkanes) is 1. The molecule has 2 N–H and O–H groups in total. The molecule has 2 fully saturated rings. The second-order valence-corrected chi connectivity index (χ2v) is 14.6. The molecular weight excluding hydrogens is 611 g/mol. The first kappa shape index (κ1) is 31.9. The van der Waals surface area contributed by atoms with Crippen LogP contribution in [0.25, 0.3) is 0 Å². The van der Waals surface area contributed by atoms with Gasteiger partial charge >= 0.3 is 0 Å². The third kappa shape index (κ3) is 6.57. The Balaban J connectivity index is 0.849. The van der Waals surface area contributed by atoms with E-state index in [1.54, 1.807) is 16.2 Å². The van der Waals surface area contributed by atoms with Gasteiger partial charge < -0.3 is 19.6 Å². The fourth-order valence-corrected chi connectivity index (χ4v) is 9.53. The molecule has 0 radical (unpaired) electrons. The molecule has 4 heterocycles. The molecule has 1 unspecified atom stereocenters. The highest BCUT2D eigenvalue weighted by Gasteiger charge is 2.41. The Hall–Kier alpha value is -3.69. The van der Waals surface area contributed by atoms with E-state index < -0.39 is 6.04 Å². The monoisotopic (exact) mass is 655 g/mol. The first-order chi connectivity index (χ1) is 22.9. The lowest BCUT2D eigenvalue weighted by molar-refractivity contribution is -0.136. The number of fused-ring (bicyclic) bond motifs is 2. The number of likely N-dealkylation sites (tertiary alicyclic amines) is 1. The molecule has 3 aromatic rings. The molecule has 2 saturated heterocycles. The van der Waals surface area contributed by atoms with Gasteiger partial charge in [-0.05, 0) is 123 Å². The predicted octanol–water partition coefficient (Wildman–Crippen LogP) is 6.36. The highest BCUT2D eigenvalue weighted by Crippen LogP contribution is 2.44. The number of hydrogen-bond donors (Lipinski definition) is 2. The van der Waals surface area contributed by atoms with Crippen molar-refractivity contribution in [3.8, 4) is 11.5 Å². The molecule has 248 valence electrons. The third-order valence-electron chi connectivity index (χ3n) is 10.9. The zero-order valence-corrected chi connectivity index (χ0v) is 28.0. The lowest BCUT2D eigenvalue weighted by Crippen LogP contribution is -2.52. The first-order valence-corrected chi connectivity index (χ1v) is 18.3. The number of amides is 3. The van der Waals surface area contributed by atoms with Crippen LogP contribution < -0.4 is 10.1 Å². The Bertz CT molecular complexity index is 1630. The maximum atomic E-state index is 13.1. The van der Waals surface area contributed by atoms with Crippen molar-refractivity contribution >= 4 is 29.1 Å². The number of phenols is 1. The smallest absolute Gasteiger partial charge is 0.256 e. The van der Waals surface area contributed by atoms with Crippen LogP contribution in [0.3, 0.4) is 0 Å². The number of nitrogens with zero attached hydrogens (tertiary/aromatic N) is 2. The Morgan fingerprint density at radius 1 is 0.979 bits per heavy atom. The molecule has 3 atom stereocenters. The number of rotatable bonds is 10. The SMILES string of the molecule is CC[C@H]1CCc2cc(O)ccc2[C@H]1c1ccc(OCCCCN2CCC(c3scc4c3CN(C3CCC(=O)NC3=O)C4=O)CC2)cc1. The van der Waals surface area contributed by atoms with Crippen molar-refractivity contribution in [3.63, 3.8) is 0 Å². The van der Waals surface area contributed by atoms with Gasteiger partial charge in [0.05, 0.1) is 12.2 Å². The minimum absolute atomic E-state index is 0.0744. The number of thiophene rings is 1. The molecule has 4 aliphatic rings. The van der Waals surface area contributed by atoms with Crippen LogP contribution in [0, 0.1) is 5.92 Å². The lowest BCUT2D eigenvalue weighted by Gasteiger charge is -2.34. The molecule has 8 nitrogen and oxygen atoms in total. The number of benzene rings is 2. The van der Waals surface area contributed by atoms with E-state index in [9.17, 15) is 19.5 Å². The zero-order chi connectivity index (χ0) is 32.5. The molecule has 7 rings (SSSR count). The minimum atomic E-state index is -0.555. The number of imide groups is 1. The molecule has 0 spiro atoms. The van der Waals surface area contributed by atoms with Gasteiger partial charge in [0.15, 0.2) is 0 Å². The lowest BCUT2D eigenvalue weighted by atomic mass is 9.71. The van der Waals surface area contributed by atoms with Crippen LogP contribution in [0.5, 0.6) is 11.5 Å². The van der Waals surface area contributed by atoms with Crippen LogP contribution in [0.2, 0.25) is 0 Å². The fraction of sp³-hybridized carbons (Fsp3) is 0.500. The van der Waals surface area contributed by atoms with Gasteiger partial charge in [-0.2, -0.15) is 0 Å². The Morgan fingerprint density at radius 3 is 2.55 bits per heavy atom. The summed E-state index contributed by atoms with van der Waals surface area (Å²) in [7, 11) is 0. The van der Waals surface area contributed by atoms with E-state index in [2.05, 4.69) is 47.5 Å². The standard InChI is InChI=1S/C38H45N3O5S/c1-2-24-5-6-27-21-28(42)9-12-30(27)35(24)25-7-10-29(11-8-25)46-20-4-3-17-40-18-15-26(16-19-40)36-31-22-41(38(45)32(31)23-47-36)33-13-14-34(43)39-37(33)44/h7-12,21,23-24,26,33,35,42H,2-6,13-20,22H2,1H3,(H,39,43,44)/t24-,33?,35+/m0/s1. The van der Waals surface area contributed by atoms with Gasteiger partial charge in [0.2, 0.25) is 11.8 Å². The zero-order valence-electron chi connectivity index (χ0n) is 27.2. The van der Waals surface area contributed by atoms with Crippen LogP contribution in [0.15, 0.2) is 47.8 Å². The van der Waals surface area contributed by atoms with E-state index >= 15 is 0 Å². The van der Waals surface area contributed by atoms with Gasteiger partial charge in [0.1, 0.15) is 17.5 Å². The van der Waals surface area contributed by atoms with Crippen LogP contribution in [0.1, 0.15) is 108 Å². The molecule has 3 amide bonds. The summed E-state index contributed by atoms with van der Waals surface area (Å²) < 4.78 is 6.13. The number of aromatic hydroxyl groups is 1. The van der Waals surface area contributed by atoms with Crippen molar-refractivity contribution < 1.29 is 24.2 Å². The fourth-order valence-electron chi connectivity index (χ4n) is 8.29. The van der Waals surface area contributed by atoms with E-state index in [-0.39, 0.29) is 24.1 Å². The third-order valence-corrected chi connectivity index (χ3v) is 12.1. The number of nitrogens with one attached hydrogen (secondary N) is 1. The summed E-state index contributed by atoms with van der Waals surface area (Å²) in [6.45, 7) is 6.62. The number of piperidine rings is 2. The van der Waals surface area contributed by atoms with Crippen LogP contribution >= 0.6 is 11.3 Å². The summed E-state index contributed by atoms with van der Waals surface area (Å²) in [5, 5.41) is 14.4. The summed E-state index contributed by atoms with van der Waals surface area (Å²) in [6.07, 6.45) is 8.26. The first-order valence-electron chi connectivity index (χ1n) is 17.4. The van der Waals surface area contributed by atoms with Crippen molar-refractivity contribution in [2.75, 3.05) is 26.2 Å². The van der Waals surface area contributed by atoms with Crippen molar-refractivity contribution in [1.29, 1.82) is 0 Å². The molecule has 3 aliphatic heterocycles. The van der Waals surface area contributed by atoms with E-state index in [0.29, 0.717) is 43.1 Å². The number of carbonyl (C=O) groups excluding carboxylic acids is 3. The highest BCUT2D eigenvalue weighted by molar-refractivity contribution is 7.10. The second kappa shape index (κ2) is 13.8. The Kier molecular flexibility index (Phi) is 9.37. The van der Waals surface area contributed by atoms with Crippen molar-refractivity contribution in [2.45, 2.75) is 89.1 Å². The molecule has 2 aromatic carbocycles. The van der Waals surface area contributed by atoms with Crippen molar-refractivity contribution in [1.82, 2.24) is 15.1 Å². The Labute approximate surface area is 281 Å². The summed E-state index contributed by atoms with van der Waals surface area (Å²) in [5.74, 6) is 2.00. The average Bonchev–Trinajstić information content (AvgIpc) is 3.64. The van der Waals surface area contributed by atoms with Crippen LogP contribution in [-0.4, -0.2) is 64.9 Å². The van der Waals surface area contributed by atoms with E-state index in [4.69, 9.17) is 4.74 Å². The van der Waals surface area contributed by atoms with Gasteiger partial charge in [-0.15, -0.1) is 11.3 Å². The van der Waals surface area contributed by atoms with E-state index in [0.717, 1.165) is 81.5 Å². The highest BCUT2D eigenvalue weighted by atomic mass is 32.1. The molecule has 0 bridgehead atoms. The van der Waals surface area contributed by atoms with Gasteiger partial charge in [-0.25, -0.2) is 0 Å². The molecule has 0 saturated carbocycles. The normalized spacial score (nSPS) is 23.5. The van der Waals surface area contributed by atoms with E-state index in [1.807, 2.05) is 17.5 Å². The van der Waals surface area contributed by atoms with Crippen molar-refractivity contribution in [2.24, 2.45) is 5.92 Å². The van der Waals surface area contributed by atoms with Gasteiger partial charge in [0, 0.05) is 29.1 Å². The number of ether oxygens (including phenoxy) is 1. The summed E-state index contributed by atoms with van der Waals surface area (Å²) in [5.41, 5.74) is 5.79. The van der Waals surface area contributed by atoms with Crippen molar-refractivity contribution in [3.05, 3.63) is 80.5 Å². The molecular formula is C38H45N3O5S. The number of phenolic OH excluding ortho intramolecular Hbond substituents is 1. The minimum Gasteiger partial charge on any atom is -0.508 e. The maximum Gasteiger partial charge on any atom is 0.256 e.